The Morgan fingerprint density at radius 3 is 2.25 bits per heavy atom. The predicted octanol–water partition coefficient (Wildman–Crippen LogP) is 8.53. The highest BCUT2D eigenvalue weighted by Gasteiger charge is 2.44. The number of fused-ring (bicyclic) bond motifs is 4. The molecule has 11 nitrogen and oxygen atoms in total. The molecule has 60 heavy (non-hydrogen) atoms. The molecule has 1 amide bonds. The van der Waals surface area contributed by atoms with Crippen molar-refractivity contribution in [3.05, 3.63) is 53.6 Å². The summed E-state index contributed by atoms with van der Waals surface area (Å²) in [5.41, 5.74) is 5.55. The summed E-state index contributed by atoms with van der Waals surface area (Å²) in [6, 6.07) is 9.73. The second-order valence-electron chi connectivity index (χ2n) is 17.8. The third-order valence-corrected chi connectivity index (χ3v) is 19.3. The summed E-state index contributed by atoms with van der Waals surface area (Å²) < 4.78 is 51.5. The van der Waals surface area contributed by atoms with E-state index < -0.39 is 25.8 Å². The first kappa shape index (κ1) is 43.5. The molecular formula is C46H60F2N6O5Si. The van der Waals surface area contributed by atoms with E-state index in [0.29, 0.717) is 69.6 Å². The van der Waals surface area contributed by atoms with Crippen LogP contribution in [0.4, 0.5) is 19.4 Å². The minimum absolute atomic E-state index is 0.0359. The van der Waals surface area contributed by atoms with Gasteiger partial charge >= 0.3 is 12.1 Å². The Hall–Kier alpha value is -4.55. The number of anilines is 1. The number of hydrogen-bond acceptors (Lipinski definition) is 9. The van der Waals surface area contributed by atoms with Gasteiger partial charge in [0, 0.05) is 75.2 Å². The van der Waals surface area contributed by atoms with Crippen LogP contribution in [0.15, 0.2) is 36.4 Å². The van der Waals surface area contributed by atoms with Gasteiger partial charge in [-0.25, -0.2) is 13.6 Å². The number of carbonyl (C=O) groups is 1. The molecule has 0 saturated carbocycles. The van der Waals surface area contributed by atoms with Crippen molar-refractivity contribution in [2.45, 2.75) is 90.0 Å². The SMILES string of the molecule is COCOc1cc(-c2ccc3c(N4CC5CCC(C4)N5C(=O)O)nc(OC[C@H](C)CN4CCNCC4)nc3c2F)c2c(C#C[Si](C(C)C)(C(C)C)C(C)C)c(F)ccc2c1. The Kier molecular flexibility index (Phi) is 13.2. The van der Waals surface area contributed by atoms with E-state index in [-0.39, 0.29) is 47.4 Å². The number of amides is 1. The van der Waals surface area contributed by atoms with Crippen LogP contribution in [0.5, 0.6) is 11.8 Å². The Morgan fingerprint density at radius 2 is 1.62 bits per heavy atom. The summed E-state index contributed by atoms with van der Waals surface area (Å²) >= 11 is 0. The van der Waals surface area contributed by atoms with Gasteiger partial charge in [0.2, 0.25) is 0 Å². The molecule has 3 atom stereocenters. The zero-order chi connectivity index (χ0) is 42.9. The normalized spacial score (nSPS) is 19.1. The van der Waals surface area contributed by atoms with Crippen molar-refractivity contribution >= 4 is 41.7 Å². The highest BCUT2D eigenvalue weighted by molar-refractivity contribution is 6.90. The van der Waals surface area contributed by atoms with E-state index in [1.165, 1.54) is 13.2 Å². The average Bonchev–Trinajstić information content (AvgIpc) is 3.49. The molecule has 322 valence electrons. The molecule has 4 aromatic rings. The van der Waals surface area contributed by atoms with E-state index in [2.05, 4.69) is 70.1 Å². The lowest BCUT2D eigenvalue weighted by atomic mass is 9.93. The second-order valence-corrected chi connectivity index (χ2v) is 23.4. The fourth-order valence-electron chi connectivity index (χ4n) is 10.2. The van der Waals surface area contributed by atoms with Crippen molar-refractivity contribution in [1.29, 1.82) is 0 Å². The molecule has 0 radical (unpaired) electrons. The number of halogens is 2. The molecule has 3 aliphatic rings. The molecule has 2 bridgehead atoms. The van der Waals surface area contributed by atoms with Crippen LogP contribution in [0.3, 0.4) is 0 Å². The molecule has 3 aliphatic heterocycles. The fourth-order valence-corrected chi connectivity index (χ4v) is 15.4. The molecule has 4 heterocycles. The second kappa shape index (κ2) is 18.2. The predicted molar refractivity (Wildman–Crippen MR) is 236 cm³/mol. The van der Waals surface area contributed by atoms with Crippen LogP contribution in [-0.2, 0) is 4.74 Å². The summed E-state index contributed by atoms with van der Waals surface area (Å²) in [6.07, 6.45) is 0.559. The maximum Gasteiger partial charge on any atom is 0.407 e. The molecule has 1 aromatic heterocycles. The monoisotopic (exact) mass is 842 g/mol. The largest absolute Gasteiger partial charge is 0.468 e. The minimum atomic E-state index is -2.29. The fraction of sp³-hybridized carbons (Fsp3) is 0.543. The number of nitrogens with one attached hydrogen (secondary N) is 1. The molecule has 2 unspecified atom stereocenters. The third-order valence-electron chi connectivity index (χ3n) is 13.0. The minimum Gasteiger partial charge on any atom is -0.468 e. The van der Waals surface area contributed by atoms with Crippen molar-refractivity contribution in [2.24, 2.45) is 5.92 Å². The first-order valence-electron chi connectivity index (χ1n) is 21.5. The summed E-state index contributed by atoms with van der Waals surface area (Å²) in [4.78, 5) is 27.8. The van der Waals surface area contributed by atoms with E-state index in [0.717, 1.165) is 45.6 Å². The van der Waals surface area contributed by atoms with Gasteiger partial charge in [-0.05, 0) is 64.7 Å². The molecule has 0 spiro atoms. The van der Waals surface area contributed by atoms with Gasteiger partial charge in [0.1, 0.15) is 31.0 Å². The lowest BCUT2D eigenvalue weighted by Crippen LogP contribution is -2.55. The van der Waals surface area contributed by atoms with Crippen molar-refractivity contribution in [2.75, 3.05) is 71.2 Å². The number of carboxylic acid groups (broad SMARTS) is 1. The molecule has 14 heteroatoms. The summed E-state index contributed by atoms with van der Waals surface area (Å²) in [6.45, 7) is 21.2. The number of hydrogen-bond donors (Lipinski definition) is 2. The van der Waals surface area contributed by atoms with Gasteiger partial charge in [-0.2, -0.15) is 9.97 Å². The van der Waals surface area contributed by atoms with Crippen LogP contribution < -0.4 is 19.7 Å². The Bertz CT molecular complexity index is 2240. The van der Waals surface area contributed by atoms with E-state index in [1.807, 2.05) is 4.90 Å². The highest BCUT2D eigenvalue weighted by atomic mass is 28.3. The van der Waals surface area contributed by atoms with Gasteiger partial charge in [-0.1, -0.05) is 66.5 Å². The lowest BCUT2D eigenvalue weighted by Gasteiger charge is -2.40. The van der Waals surface area contributed by atoms with Crippen LogP contribution >= 0.6 is 0 Å². The summed E-state index contributed by atoms with van der Waals surface area (Å²) in [5.74, 6) is 3.33. The Morgan fingerprint density at radius 1 is 0.933 bits per heavy atom. The quantitative estimate of drug-likeness (QED) is 0.0772. The number of aromatic nitrogens is 2. The van der Waals surface area contributed by atoms with Gasteiger partial charge in [0.25, 0.3) is 0 Å². The Balaban J connectivity index is 1.39. The smallest absolute Gasteiger partial charge is 0.407 e. The number of methoxy groups -OCH3 is 1. The topological polar surface area (TPSA) is 113 Å². The molecule has 3 fully saturated rings. The van der Waals surface area contributed by atoms with Crippen LogP contribution in [0.2, 0.25) is 16.6 Å². The maximum absolute atomic E-state index is 17.7. The zero-order valence-corrected chi connectivity index (χ0v) is 37.3. The van der Waals surface area contributed by atoms with Gasteiger partial charge in [0.05, 0.1) is 24.3 Å². The van der Waals surface area contributed by atoms with Gasteiger partial charge in [0.15, 0.2) is 12.6 Å². The molecule has 3 saturated heterocycles. The molecule has 3 aromatic carbocycles. The third kappa shape index (κ3) is 8.51. The zero-order valence-electron chi connectivity index (χ0n) is 36.3. The molecule has 0 aliphatic carbocycles. The van der Waals surface area contributed by atoms with Crippen molar-refractivity contribution in [3.8, 4) is 34.4 Å². The number of rotatable bonds is 13. The first-order chi connectivity index (χ1) is 28.7. The average molecular weight is 843 g/mol. The number of piperazine rings is 2. The van der Waals surface area contributed by atoms with Gasteiger partial charge in [-0.3, -0.25) is 4.90 Å². The molecule has 7 rings (SSSR count). The number of benzene rings is 3. The van der Waals surface area contributed by atoms with Crippen LogP contribution in [0.1, 0.15) is 66.9 Å². The van der Waals surface area contributed by atoms with E-state index in [4.69, 9.17) is 24.2 Å². The maximum atomic E-state index is 17.7. The van der Waals surface area contributed by atoms with Crippen LogP contribution in [0, 0.1) is 29.0 Å². The standard InChI is InChI=1S/C46H60F2N6O5Si/c1-28(2)60(29(3)4,30(5)6)20-15-37-40(47)14-9-32-21-35(59-27-57-8)22-39(41(32)37)36-12-13-38-43(42(36)48)50-45(58-26-31(7)23-52-18-16-49-17-19-52)51-44(38)53-24-33-10-11-34(25-53)54(33)46(55)56/h9,12-14,21-22,28-31,33-34,49H,10-11,16-19,23-27H2,1-8H3,(H,55,56)/t31-,33?,34?/m1/s1. The highest BCUT2D eigenvalue weighted by Crippen LogP contribution is 2.43. The van der Waals surface area contributed by atoms with Crippen molar-refractivity contribution < 1.29 is 32.9 Å². The van der Waals surface area contributed by atoms with Gasteiger partial charge < -0.3 is 34.4 Å². The Labute approximate surface area is 353 Å². The van der Waals surface area contributed by atoms with E-state index >= 15 is 8.78 Å². The van der Waals surface area contributed by atoms with Crippen molar-refractivity contribution in [3.63, 3.8) is 0 Å². The summed E-state index contributed by atoms with van der Waals surface area (Å²) in [7, 11) is -0.761. The van der Waals surface area contributed by atoms with E-state index in [1.54, 1.807) is 35.2 Å². The van der Waals surface area contributed by atoms with Crippen LogP contribution in [-0.4, -0.2) is 117 Å². The van der Waals surface area contributed by atoms with Crippen molar-refractivity contribution in [1.82, 2.24) is 25.1 Å². The first-order valence-corrected chi connectivity index (χ1v) is 23.7. The molecule has 2 N–H and O–H groups in total. The van der Waals surface area contributed by atoms with Crippen LogP contribution in [0.25, 0.3) is 32.8 Å². The number of nitrogens with zero attached hydrogens (tertiary/aromatic N) is 5. The van der Waals surface area contributed by atoms with Gasteiger partial charge in [-0.15, -0.1) is 5.54 Å². The lowest BCUT2D eigenvalue weighted by molar-refractivity contribution is 0.0512. The van der Waals surface area contributed by atoms with E-state index in [9.17, 15) is 9.90 Å². The summed E-state index contributed by atoms with van der Waals surface area (Å²) in [5, 5.41) is 15.0. The molecular weight excluding hydrogens is 783 g/mol. The number of ether oxygens (including phenoxy) is 3.